The van der Waals surface area contributed by atoms with Crippen LogP contribution < -0.4 is 5.73 Å². The second kappa shape index (κ2) is 3.42. The highest BCUT2D eigenvalue weighted by Gasteiger charge is 2.24. The molecule has 2 nitrogen and oxygen atoms in total. The van der Waals surface area contributed by atoms with E-state index in [0.29, 0.717) is 0 Å². The fraction of sp³-hybridized carbons (Fsp3) is 0.500. The molecule has 13 heavy (non-hydrogen) atoms. The minimum atomic E-state index is -0.441. The molecule has 2 rings (SSSR count). The summed E-state index contributed by atoms with van der Waals surface area (Å²) in [5.74, 6) is 0.329. The minimum Gasteiger partial charge on any atom is -0.324 e. The van der Waals surface area contributed by atoms with E-state index in [1.165, 1.54) is 25.1 Å². The summed E-state index contributed by atoms with van der Waals surface area (Å²) in [6, 6.07) is 3.19. The molecule has 0 saturated heterocycles. The minimum absolute atomic E-state index is 0.0231. The van der Waals surface area contributed by atoms with Crippen molar-refractivity contribution in [2.24, 2.45) is 11.7 Å². The van der Waals surface area contributed by atoms with Gasteiger partial charge in [0.15, 0.2) is 0 Å². The number of nitrogens with zero attached hydrogens (tertiary/aromatic N) is 1. The van der Waals surface area contributed by atoms with Crippen LogP contribution in [0.1, 0.15) is 30.9 Å². The lowest BCUT2D eigenvalue weighted by Gasteiger charge is -2.10. The van der Waals surface area contributed by atoms with Gasteiger partial charge < -0.3 is 5.73 Å². The lowest BCUT2D eigenvalue weighted by atomic mass is 10.0. The highest BCUT2D eigenvalue weighted by molar-refractivity contribution is 5.15. The standard InChI is InChI=1S/C10H13FN2/c11-10-6-8(3-4-13-10)9(12)5-7-1-2-7/h3-4,6-7,9H,1-2,5,12H2. The van der Waals surface area contributed by atoms with Crippen molar-refractivity contribution in [3.8, 4) is 0 Å². The summed E-state index contributed by atoms with van der Waals surface area (Å²) in [5, 5.41) is 0. The number of rotatable bonds is 3. The predicted molar refractivity (Wildman–Crippen MR) is 48.5 cm³/mol. The number of hydrogen-bond donors (Lipinski definition) is 1. The molecule has 1 aliphatic rings. The van der Waals surface area contributed by atoms with Gasteiger partial charge in [0.05, 0.1) is 0 Å². The van der Waals surface area contributed by atoms with Gasteiger partial charge in [-0.25, -0.2) is 4.98 Å². The van der Waals surface area contributed by atoms with Crippen molar-refractivity contribution < 1.29 is 4.39 Å². The normalized spacial score (nSPS) is 18.6. The number of hydrogen-bond acceptors (Lipinski definition) is 2. The van der Waals surface area contributed by atoms with Crippen LogP contribution in [0, 0.1) is 11.9 Å². The van der Waals surface area contributed by atoms with E-state index in [2.05, 4.69) is 4.98 Å². The van der Waals surface area contributed by atoms with Gasteiger partial charge in [0, 0.05) is 12.2 Å². The molecule has 1 saturated carbocycles. The molecule has 70 valence electrons. The summed E-state index contributed by atoms with van der Waals surface area (Å²) < 4.78 is 12.7. The van der Waals surface area contributed by atoms with Crippen molar-refractivity contribution in [1.82, 2.24) is 4.98 Å². The molecule has 1 aliphatic carbocycles. The maximum Gasteiger partial charge on any atom is 0.213 e. The van der Waals surface area contributed by atoms with Crippen molar-refractivity contribution in [3.63, 3.8) is 0 Å². The fourth-order valence-corrected chi connectivity index (χ4v) is 1.50. The first-order valence-electron chi connectivity index (χ1n) is 4.63. The number of nitrogens with two attached hydrogens (primary N) is 1. The summed E-state index contributed by atoms with van der Waals surface area (Å²) in [5.41, 5.74) is 6.77. The molecule has 0 radical (unpaired) electrons. The lowest BCUT2D eigenvalue weighted by Crippen LogP contribution is -2.11. The molecule has 1 aromatic heterocycles. The highest BCUT2D eigenvalue weighted by atomic mass is 19.1. The maximum atomic E-state index is 12.7. The Morgan fingerprint density at radius 3 is 3.00 bits per heavy atom. The third-order valence-corrected chi connectivity index (χ3v) is 2.46. The summed E-state index contributed by atoms with van der Waals surface area (Å²) in [6.45, 7) is 0. The third-order valence-electron chi connectivity index (χ3n) is 2.46. The molecule has 2 N–H and O–H groups in total. The second-order valence-electron chi connectivity index (χ2n) is 3.70. The van der Waals surface area contributed by atoms with Gasteiger partial charge in [-0.05, 0) is 30.0 Å². The Hall–Kier alpha value is -0.960. The average molecular weight is 180 g/mol. The summed E-state index contributed by atoms with van der Waals surface area (Å²) in [4.78, 5) is 3.49. The van der Waals surface area contributed by atoms with Gasteiger partial charge in [-0.2, -0.15) is 4.39 Å². The molecule has 1 atom stereocenters. The molecular formula is C10H13FN2. The van der Waals surface area contributed by atoms with Gasteiger partial charge >= 0.3 is 0 Å². The summed E-state index contributed by atoms with van der Waals surface area (Å²) in [6.07, 6.45) is 5.00. The Balaban J connectivity index is 2.04. The molecule has 0 bridgehead atoms. The zero-order chi connectivity index (χ0) is 9.26. The largest absolute Gasteiger partial charge is 0.324 e. The maximum absolute atomic E-state index is 12.7. The zero-order valence-corrected chi connectivity index (χ0v) is 7.41. The van der Waals surface area contributed by atoms with Crippen molar-refractivity contribution in [2.75, 3.05) is 0 Å². The van der Waals surface area contributed by atoms with Gasteiger partial charge in [-0.15, -0.1) is 0 Å². The van der Waals surface area contributed by atoms with Gasteiger partial charge in [-0.1, -0.05) is 12.8 Å². The molecule has 0 amide bonds. The Bertz CT molecular complexity index is 297. The smallest absolute Gasteiger partial charge is 0.213 e. The molecular weight excluding hydrogens is 167 g/mol. The monoisotopic (exact) mass is 180 g/mol. The van der Waals surface area contributed by atoms with Gasteiger partial charge in [0.2, 0.25) is 5.95 Å². The SMILES string of the molecule is NC(CC1CC1)c1ccnc(F)c1. The molecule has 0 spiro atoms. The van der Waals surface area contributed by atoms with Crippen LogP contribution in [-0.4, -0.2) is 4.98 Å². The molecule has 0 aromatic carbocycles. The van der Waals surface area contributed by atoms with E-state index < -0.39 is 5.95 Å². The molecule has 1 aromatic rings. The first kappa shape index (κ1) is 8.63. The topological polar surface area (TPSA) is 38.9 Å². The molecule has 0 aliphatic heterocycles. The van der Waals surface area contributed by atoms with E-state index >= 15 is 0 Å². The van der Waals surface area contributed by atoms with Crippen LogP contribution in [-0.2, 0) is 0 Å². The summed E-state index contributed by atoms with van der Waals surface area (Å²) in [7, 11) is 0. The Kier molecular flexibility index (Phi) is 2.27. The average Bonchev–Trinajstić information content (AvgIpc) is 2.88. The molecule has 1 heterocycles. The van der Waals surface area contributed by atoms with E-state index in [1.54, 1.807) is 6.07 Å². The van der Waals surface area contributed by atoms with E-state index in [0.717, 1.165) is 17.9 Å². The summed E-state index contributed by atoms with van der Waals surface area (Å²) >= 11 is 0. The number of halogens is 1. The van der Waals surface area contributed by atoms with Crippen molar-refractivity contribution >= 4 is 0 Å². The van der Waals surface area contributed by atoms with E-state index in [1.807, 2.05) is 0 Å². The van der Waals surface area contributed by atoms with Crippen molar-refractivity contribution in [2.45, 2.75) is 25.3 Å². The zero-order valence-electron chi connectivity index (χ0n) is 7.41. The van der Waals surface area contributed by atoms with E-state index in [4.69, 9.17) is 5.73 Å². The van der Waals surface area contributed by atoms with Gasteiger partial charge in [-0.3, -0.25) is 0 Å². The quantitative estimate of drug-likeness (QED) is 0.723. The van der Waals surface area contributed by atoms with Crippen molar-refractivity contribution in [1.29, 1.82) is 0 Å². The van der Waals surface area contributed by atoms with Crippen LogP contribution >= 0.6 is 0 Å². The van der Waals surface area contributed by atoms with Crippen LogP contribution in [0.25, 0.3) is 0 Å². The predicted octanol–water partition coefficient (Wildman–Crippen LogP) is 2.02. The van der Waals surface area contributed by atoms with Crippen LogP contribution in [0.5, 0.6) is 0 Å². The molecule has 1 fully saturated rings. The van der Waals surface area contributed by atoms with Gasteiger partial charge in [0.25, 0.3) is 0 Å². The van der Waals surface area contributed by atoms with Crippen LogP contribution in [0.15, 0.2) is 18.3 Å². The van der Waals surface area contributed by atoms with E-state index in [9.17, 15) is 4.39 Å². The van der Waals surface area contributed by atoms with E-state index in [-0.39, 0.29) is 6.04 Å². The van der Waals surface area contributed by atoms with Gasteiger partial charge in [0.1, 0.15) is 0 Å². The Morgan fingerprint density at radius 2 is 2.38 bits per heavy atom. The second-order valence-corrected chi connectivity index (χ2v) is 3.70. The molecule has 3 heteroatoms. The third kappa shape index (κ3) is 2.25. The fourth-order valence-electron chi connectivity index (χ4n) is 1.50. The van der Waals surface area contributed by atoms with Crippen LogP contribution in [0.3, 0.4) is 0 Å². The van der Waals surface area contributed by atoms with Crippen LogP contribution in [0.2, 0.25) is 0 Å². The van der Waals surface area contributed by atoms with Crippen LogP contribution in [0.4, 0.5) is 4.39 Å². The van der Waals surface area contributed by atoms with Crippen molar-refractivity contribution in [3.05, 3.63) is 29.8 Å². The molecule has 1 unspecified atom stereocenters. The number of pyridine rings is 1. The Morgan fingerprint density at radius 1 is 1.62 bits per heavy atom. The highest BCUT2D eigenvalue weighted by Crippen LogP contribution is 2.36. The lowest BCUT2D eigenvalue weighted by molar-refractivity contribution is 0.561. The first-order chi connectivity index (χ1) is 6.25. The first-order valence-corrected chi connectivity index (χ1v) is 4.63. The Labute approximate surface area is 77.0 Å². The number of aromatic nitrogens is 1.